The molecule has 1 atom stereocenters. The van der Waals surface area contributed by atoms with Crippen molar-refractivity contribution in [3.8, 4) is 0 Å². The third-order valence-corrected chi connectivity index (χ3v) is 2.81. The first-order valence-corrected chi connectivity index (χ1v) is 5.14. The van der Waals surface area contributed by atoms with Crippen LogP contribution in [0.25, 0.3) is 0 Å². The van der Waals surface area contributed by atoms with Gasteiger partial charge in [-0.2, -0.15) is 0 Å². The second-order valence-electron chi connectivity index (χ2n) is 3.56. The molecule has 1 saturated carbocycles. The first-order valence-electron chi connectivity index (χ1n) is 4.35. The largest absolute Gasteiger partial charge is 0.363 e. The molecular weight excluding hydrogens is 216 g/mol. The van der Waals surface area contributed by atoms with Crippen molar-refractivity contribution in [1.82, 2.24) is 4.98 Å². The van der Waals surface area contributed by atoms with E-state index < -0.39 is 0 Å². The van der Waals surface area contributed by atoms with Crippen molar-refractivity contribution in [1.29, 1.82) is 0 Å². The topological polar surface area (TPSA) is 41.8 Å². The summed E-state index contributed by atoms with van der Waals surface area (Å²) in [7, 11) is 0. The van der Waals surface area contributed by atoms with Crippen molar-refractivity contribution in [2.45, 2.75) is 25.3 Å². The van der Waals surface area contributed by atoms with Crippen LogP contribution in [0.15, 0.2) is 16.7 Å². The number of H-pyrrole nitrogens is 1. The zero-order chi connectivity index (χ0) is 8.55. The molecule has 66 valence electrons. The van der Waals surface area contributed by atoms with E-state index in [2.05, 4.69) is 27.0 Å². The van der Waals surface area contributed by atoms with Crippen molar-refractivity contribution in [3.05, 3.63) is 22.4 Å². The summed E-state index contributed by atoms with van der Waals surface area (Å²) in [6, 6.07) is 2.26. The summed E-state index contributed by atoms with van der Waals surface area (Å²) in [4.78, 5) is 3.17. The molecule has 0 unspecified atom stereocenters. The van der Waals surface area contributed by atoms with Crippen molar-refractivity contribution in [3.63, 3.8) is 0 Å². The minimum absolute atomic E-state index is 0.198. The van der Waals surface area contributed by atoms with E-state index in [9.17, 15) is 0 Å². The minimum atomic E-state index is 0.198. The molecule has 1 aromatic heterocycles. The lowest BCUT2D eigenvalue weighted by Crippen LogP contribution is -2.11. The van der Waals surface area contributed by atoms with E-state index in [4.69, 9.17) is 5.73 Å². The first kappa shape index (κ1) is 8.32. The van der Waals surface area contributed by atoms with Crippen molar-refractivity contribution >= 4 is 15.9 Å². The monoisotopic (exact) mass is 228 g/mol. The number of aromatic amines is 1. The van der Waals surface area contributed by atoms with E-state index in [1.807, 2.05) is 6.20 Å². The zero-order valence-electron chi connectivity index (χ0n) is 6.89. The fraction of sp³-hybridized carbons (Fsp3) is 0.556. The molecule has 1 aliphatic rings. The molecule has 0 spiro atoms. The summed E-state index contributed by atoms with van der Waals surface area (Å²) in [6.45, 7) is 0. The minimum Gasteiger partial charge on any atom is -0.363 e. The van der Waals surface area contributed by atoms with Crippen LogP contribution in [0.4, 0.5) is 0 Å². The predicted molar refractivity (Wildman–Crippen MR) is 52.8 cm³/mol. The number of rotatable bonds is 3. The lowest BCUT2D eigenvalue weighted by molar-refractivity contribution is 0.586. The quantitative estimate of drug-likeness (QED) is 0.821. The van der Waals surface area contributed by atoms with Gasteiger partial charge in [0.05, 0.1) is 0 Å². The van der Waals surface area contributed by atoms with Crippen LogP contribution in [-0.4, -0.2) is 4.98 Å². The third kappa shape index (κ3) is 1.90. The van der Waals surface area contributed by atoms with Crippen LogP contribution in [0, 0.1) is 5.92 Å². The van der Waals surface area contributed by atoms with Gasteiger partial charge in [-0.15, -0.1) is 0 Å². The van der Waals surface area contributed by atoms with Gasteiger partial charge in [-0.3, -0.25) is 0 Å². The van der Waals surface area contributed by atoms with E-state index in [0.717, 1.165) is 22.5 Å². The molecule has 1 aromatic rings. The fourth-order valence-corrected chi connectivity index (χ4v) is 1.80. The second-order valence-corrected chi connectivity index (χ2v) is 4.47. The molecule has 0 aliphatic heterocycles. The Hall–Kier alpha value is -0.280. The van der Waals surface area contributed by atoms with Crippen LogP contribution < -0.4 is 5.73 Å². The molecular formula is C9H13BrN2. The summed E-state index contributed by atoms with van der Waals surface area (Å²) in [5.41, 5.74) is 7.14. The van der Waals surface area contributed by atoms with Gasteiger partial charge in [-0.25, -0.2) is 0 Å². The number of hydrogen-bond donors (Lipinski definition) is 2. The Morgan fingerprint density at radius 1 is 1.67 bits per heavy atom. The van der Waals surface area contributed by atoms with E-state index in [1.165, 1.54) is 12.8 Å². The Morgan fingerprint density at radius 3 is 2.92 bits per heavy atom. The highest BCUT2D eigenvalue weighted by atomic mass is 79.9. The van der Waals surface area contributed by atoms with Gasteiger partial charge in [0.1, 0.15) is 0 Å². The van der Waals surface area contributed by atoms with Crippen LogP contribution in [-0.2, 0) is 0 Å². The lowest BCUT2D eigenvalue weighted by Gasteiger charge is -2.07. The highest BCUT2D eigenvalue weighted by Crippen LogP contribution is 2.36. The second kappa shape index (κ2) is 3.23. The maximum absolute atomic E-state index is 6.00. The number of nitrogens with one attached hydrogen (secondary N) is 1. The number of halogens is 1. The predicted octanol–water partition coefficient (Wildman–Crippen LogP) is 2.58. The van der Waals surface area contributed by atoms with E-state index in [0.29, 0.717) is 0 Å². The van der Waals surface area contributed by atoms with Gasteiger partial charge in [0, 0.05) is 22.4 Å². The molecule has 1 fully saturated rings. The van der Waals surface area contributed by atoms with Gasteiger partial charge < -0.3 is 10.7 Å². The van der Waals surface area contributed by atoms with E-state index in [-0.39, 0.29) is 6.04 Å². The normalized spacial score (nSPS) is 19.5. The summed E-state index contributed by atoms with van der Waals surface area (Å²) in [5.74, 6) is 0.891. The average Bonchev–Trinajstić information content (AvgIpc) is 2.72. The Labute approximate surface area is 80.7 Å². The first-order chi connectivity index (χ1) is 5.75. The molecule has 1 aliphatic carbocycles. The number of aromatic nitrogens is 1. The Kier molecular flexibility index (Phi) is 2.24. The molecule has 3 heteroatoms. The standard InChI is InChI=1S/C9H13BrN2/c10-7-4-9(12-5-7)8(11)3-6-1-2-6/h4-6,8,12H,1-3,11H2/t8-/m0/s1. The van der Waals surface area contributed by atoms with Gasteiger partial charge in [-0.05, 0) is 34.3 Å². The molecule has 2 nitrogen and oxygen atoms in total. The summed E-state index contributed by atoms with van der Waals surface area (Å²) >= 11 is 3.40. The summed E-state index contributed by atoms with van der Waals surface area (Å²) in [5, 5.41) is 0. The Bertz CT molecular complexity index is 265. The van der Waals surface area contributed by atoms with Crippen molar-refractivity contribution < 1.29 is 0 Å². The smallest absolute Gasteiger partial charge is 0.0450 e. The zero-order valence-corrected chi connectivity index (χ0v) is 8.47. The molecule has 2 rings (SSSR count). The van der Waals surface area contributed by atoms with Crippen LogP contribution in [0.1, 0.15) is 31.0 Å². The molecule has 0 amide bonds. The maximum atomic E-state index is 6.00. The molecule has 3 N–H and O–H groups in total. The molecule has 0 aromatic carbocycles. The number of hydrogen-bond acceptors (Lipinski definition) is 1. The van der Waals surface area contributed by atoms with Gasteiger partial charge in [0.2, 0.25) is 0 Å². The van der Waals surface area contributed by atoms with E-state index in [1.54, 1.807) is 0 Å². The Morgan fingerprint density at radius 2 is 2.42 bits per heavy atom. The van der Waals surface area contributed by atoms with Gasteiger partial charge in [0.15, 0.2) is 0 Å². The van der Waals surface area contributed by atoms with E-state index >= 15 is 0 Å². The highest BCUT2D eigenvalue weighted by molar-refractivity contribution is 9.10. The molecule has 0 bridgehead atoms. The van der Waals surface area contributed by atoms with Crippen LogP contribution in [0.3, 0.4) is 0 Å². The summed E-state index contributed by atoms with van der Waals surface area (Å²) in [6.07, 6.45) is 5.81. The van der Waals surface area contributed by atoms with Gasteiger partial charge in [-0.1, -0.05) is 12.8 Å². The third-order valence-electron chi connectivity index (χ3n) is 2.35. The maximum Gasteiger partial charge on any atom is 0.0450 e. The van der Waals surface area contributed by atoms with Crippen molar-refractivity contribution in [2.75, 3.05) is 0 Å². The molecule has 12 heavy (non-hydrogen) atoms. The SMILES string of the molecule is N[C@@H](CC1CC1)c1cc(Br)c[nH]1. The van der Waals surface area contributed by atoms with Crippen LogP contribution >= 0.6 is 15.9 Å². The molecule has 0 radical (unpaired) electrons. The average molecular weight is 229 g/mol. The van der Waals surface area contributed by atoms with Crippen LogP contribution in [0.2, 0.25) is 0 Å². The molecule has 1 heterocycles. The van der Waals surface area contributed by atoms with Gasteiger partial charge >= 0.3 is 0 Å². The highest BCUT2D eigenvalue weighted by Gasteiger charge is 2.24. The molecule has 0 saturated heterocycles. The number of nitrogens with two attached hydrogens (primary N) is 1. The lowest BCUT2D eigenvalue weighted by atomic mass is 10.1. The fourth-order valence-electron chi connectivity index (χ4n) is 1.44. The summed E-state index contributed by atoms with van der Waals surface area (Å²) < 4.78 is 1.09. The van der Waals surface area contributed by atoms with Crippen LogP contribution in [0.5, 0.6) is 0 Å². The van der Waals surface area contributed by atoms with Crippen molar-refractivity contribution in [2.24, 2.45) is 11.7 Å². The van der Waals surface area contributed by atoms with Gasteiger partial charge in [0.25, 0.3) is 0 Å². The Balaban J connectivity index is 1.97.